The highest BCUT2D eigenvalue weighted by Gasteiger charge is 2.46. The molecule has 6 rings (SSSR count). The fourth-order valence-corrected chi connectivity index (χ4v) is 15.9. The summed E-state index contributed by atoms with van der Waals surface area (Å²) in [7, 11) is 1.99. The summed E-state index contributed by atoms with van der Waals surface area (Å²) in [6, 6.07) is -5.32. The van der Waals surface area contributed by atoms with Crippen molar-refractivity contribution in [2.24, 2.45) is 40.9 Å². The molecule has 4 aliphatic rings. The van der Waals surface area contributed by atoms with Gasteiger partial charge in [0.1, 0.15) is 90.0 Å². The van der Waals surface area contributed by atoms with Gasteiger partial charge in [0.2, 0.25) is 82.7 Å². The Morgan fingerprint density at radius 3 is 1.47 bits per heavy atom. The average molecular weight is 1530 g/mol. The molecule has 14 atom stereocenters. The maximum Gasteiger partial charge on any atom is 0.246 e. The van der Waals surface area contributed by atoms with Crippen molar-refractivity contribution in [2.75, 3.05) is 44.2 Å². The van der Waals surface area contributed by atoms with E-state index < -0.39 is 161 Å². The second-order valence-electron chi connectivity index (χ2n) is 29.4. The van der Waals surface area contributed by atoms with Gasteiger partial charge in [-0.3, -0.25) is 67.1 Å². The van der Waals surface area contributed by atoms with Crippen molar-refractivity contribution in [3.63, 3.8) is 0 Å². The molecule has 4 fully saturated rings. The molecule has 4 heterocycles. The van der Waals surface area contributed by atoms with Crippen molar-refractivity contribution in [3.05, 3.63) is 59.7 Å². The summed E-state index contributed by atoms with van der Waals surface area (Å²) in [5.41, 5.74) is 18.8. The van der Waals surface area contributed by atoms with E-state index in [1.54, 1.807) is 32.9 Å². The number of primary amides is 1. The Kier molecular flexibility index (Phi) is 34.3. The standard InChI is InChI=1S/C73H112N16O16S2/c1-10-42(8)60(61(76)93)86-67(99)51(33-40(4)5)80-62(94)48(25-27-74)78-68(100)55-37-106-107-38-56(77-43(9)90)72(104)89-31-13-16-59(89)73(105)88-30-12-15-58(88)70(102)83-53(36-45-19-23-47(92)24-20-45)66(98)84-54(34-41(6)7)71(103)87-29-11-14-57(87)69(101)79-49(26-28-75)63(95)82-52(35-44-17-21-46(91)22-18-44)65(97)81-50(32-39(2)3)64(96)85-55/h17-24,39-42,48-60,91-92H,10-16,25-38,74-75H2,1-9H3,(H2,76,93)(H,77,90)(H,78,100)(H,79,101)(H,80,94)(H,81,97)(H,82,95)(H,83,102)(H,84,98)(H,85,96)(H,86,99)/t42-,48-,49-,50-,51-,52-,53-,54-,55-,56-,57-,58-,59-,60-/m0/s1. The molecule has 4 aliphatic heterocycles. The summed E-state index contributed by atoms with van der Waals surface area (Å²) in [6.45, 7) is 15.5. The molecule has 0 spiro atoms. The molecule has 0 unspecified atom stereocenters. The summed E-state index contributed by atoms with van der Waals surface area (Å²) in [6.07, 6.45) is 1.46. The van der Waals surface area contributed by atoms with E-state index in [4.69, 9.17) is 17.2 Å². The predicted molar refractivity (Wildman–Crippen MR) is 402 cm³/mol. The first-order chi connectivity index (χ1) is 50.7. The maximum atomic E-state index is 15.1. The Balaban J connectivity index is 1.42. The second kappa shape index (κ2) is 42.1. The first-order valence-corrected chi connectivity index (χ1v) is 39.6. The van der Waals surface area contributed by atoms with E-state index >= 15 is 9.59 Å². The lowest BCUT2D eigenvalue weighted by molar-refractivity contribution is -0.147. The number of hydrogen-bond donors (Lipinski definition) is 15. The number of rotatable bonds is 24. The van der Waals surface area contributed by atoms with Crippen molar-refractivity contribution in [2.45, 2.75) is 231 Å². The highest BCUT2D eigenvalue weighted by molar-refractivity contribution is 8.76. The minimum Gasteiger partial charge on any atom is -0.508 e. The number of amides is 14. The van der Waals surface area contributed by atoms with E-state index in [-0.39, 0.29) is 144 Å². The third kappa shape index (κ3) is 26.0. The van der Waals surface area contributed by atoms with Crippen LogP contribution in [0.5, 0.6) is 11.5 Å². The summed E-state index contributed by atoms with van der Waals surface area (Å²) >= 11 is 0. The SMILES string of the molecule is CC[C@H](C)[C@H](NC(=O)[C@H](CC(C)C)NC(=O)[C@H](CCN)NC(=O)[C@@H]1CSSC[C@H](NC(C)=O)C(=O)N2CCC[C@H]2C(=O)N2CCC[C@H]2C(=O)N[C@@H](Cc2ccc(O)cc2)C(=O)N[C@@H](CC(C)C)C(=O)N2CCC[C@H]2C(=O)N[C@@H](CCN)C(=O)N[C@@H](Cc2ccc(O)cc2)C(=O)N[C@@H](CC(C)C)C(=O)N1)C(N)=O. The normalized spacial score (nSPS) is 24.9. The third-order valence-corrected chi connectivity index (χ3v) is 21.8. The van der Waals surface area contributed by atoms with Crippen LogP contribution in [0.4, 0.5) is 0 Å². The summed E-state index contributed by atoms with van der Waals surface area (Å²) in [4.78, 5) is 207. The molecule has 32 nitrogen and oxygen atoms in total. The molecule has 0 aromatic heterocycles. The highest BCUT2D eigenvalue weighted by Crippen LogP contribution is 2.30. The number of fused-ring (bicyclic) bond motifs is 3. The molecule has 0 aliphatic carbocycles. The molecule has 0 bridgehead atoms. The number of phenolic OH excluding ortho intramolecular Hbond substituents is 2. The highest BCUT2D eigenvalue weighted by atomic mass is 33.1. The van der Waals surface area contributed by atoms with Crippen molar-refractivity contribution in [1.29, 1.82) is 0 Å². The second-order valence-corrected chi connectivity index (χ2v) is 32.0. The monoisotopic (exact) mass is 1530 g/mol. The molecule has 592 valence electrons. The summed E-state index contributed by atoms with van der Waals surface area (Å²) < 4.78 is 0. The van der Waals surface area contributed by atoms with Gasteiger partial charge < -0.3 is 95.3 Å². The van der Waals surface area contributed by atoms with Gasteiger partial charge in [0.05, 0.1) is 0 Å². The zero-order valence-electron chi connectivity index (χ0n) is 62.8. The molecule has 2 aromatic carbocycles. The molecular formula is C73H112N16O16S2. The van der Waals surface area contributed by atoms with E-state index in [0.29, 0.717) is 36.8 Å². The number of hydrogen-bond acceptors (Lipinski definition) is 20. The van der Waals surface area contributed by atoms with Crippen molar-refractivity contribution in [3.8, 4) is 11.5 Å². The van der Waals surface area contributed by atoms with Gasteiger partial charge in [-0.2, -0.15) is 0 Å². The number of nitrogens with one attached hydrogen (secondary N) is 10. The van der Waals surface area contributed by atoms with E-state index in [0.717, 1.165) is 21.6 Å². The van der Waals surface area contributed by atoms with Crippen molar-refractivity contribution in [1.82, 2.24) is 67.9 Å². The van der Waals surface area contributed by atoms with Crippen LogP contribution in [0, 0.1) is 23.7 Å². The molecule has 18 N–H and O–H groups in total. The molecule has 0 radical (unpaired) electrons. The van der Waals surface area contributed by atoms with Crippen LogP contribution in [0.15, 0.2) is 48.5 Å². The van der Waals surface area contributed by atoms with E-state index in [1.807, 2.05) is 34.6 Å². The molecular weight excluding hydrogens is 1420 g/mol. The first kappa shape index (κ1) is 87.2. The van der Waals surface area contributed by atoms with E-state index in [1.165, 1.54) is 58.0 Å². The van der Waals surface area contributed by atoms with Gasteiger partial charge in [0, 0.05) is 50.9 Å². The number of carbonyl (C=O) groups is 14. The lowest BCUT2D eigenvalue weighted by Gasteiger charge is -2.33. The van der Waals surface area contributed by atoms with Crippen LogP contribution in [0.3, 0.4) is 0 Å². The zero-order valence-corrected chi connectivity index (χ0v) is 64.4. The van der Waals surface area contributed by atoms with Gasteiger partial charge >= 0.3 is 0 Å². The van der Waals surface area contributed by atoms with Crippen LogP contribution in [0.1, 0.15) is 150 Å². The zero-order chi connectivity index (χ0) is 78.9. The van der Waals surface area contributed by atoms with Gasteiger partial charge in [-0.25, -0.2) is 0 Å². The van der Waals surface area contributed by atoms with E-state index in [2.05, 4.69) is 53.2 Å². The van der Waals surface area contributed by atoms with Gasteiger partial charge in [-0.05, 0) is 143 Å². The molecule has 14 amide bonds. The topological polar surface area (TPSA) is 488 Å². The minimum absolute atomic E-state index is 0.0600. The largest absolute Gasteiger partial charge is 0.508 e. The number of nitrogens with zero attached hydrogens (tertiary/aromatic N) is 3. The van der Waals surface area contributed by atoms with Crippen LogP contribution in [-0.2, 0) is 80.0 Å². The summed E-state index contributed by atoms with van der Waals surface area (Å²) in [5, 5.41) is 47.9. The Morgan fingerprint density at radius 1 is 0.523 bits per heavy atom. The van der Waals surface area contributed by atoms with Crippen LogP contribution in [-0.4, -0.2) is 230 Å². The van der Waals surface area contributed by atoms with Gasteiger partial charge in [0.25, 0.3) is 0 Å². The van der Waals surface area contributed by atoms with E-state index in [9.17, 15) is 67.7 Å². The predicted octanol–water partition coefficient (Wildman–Crippen LogP) is -0.514. The first-order valence-electron chi connectivity index (χ1n) is 37.2. The quantitative estimate of drug-likeness (QED) is 0.0588. The van der Waals surface area contributed by atoms with Crippen LogP contribution >= 0.6 is 21.6 Å². The van der Waals surface area contributed by atoms with Gasteiger partial charge in [0.15, 0.2) is 0 Å². The molecule has 34 heteroatoms. The summed E-state index contributed by atoms with van der Waals surface area (Å²) in [5.74, 6) is -12.3. The Morgan fingerprint density at radius 2 is 0.972 bits per heavy atom. The van der Waals surface area contributed by atoms with Crippen molar-refractivity contribution < 1.29 is 77.3 Å². The Bertz CT molecular complexity index is 3440. The van der Waals surface area contributed by atoms with Crippen LogP contribution in [0.25, 0.3) is 0 Å². The lowest BCUT2D eigenvalue weighted by atomic mass is 9.97. The van der Waals surface area contributed by atoms with Gasteiger partial charge in [-0.15, -0.1) is 0 Å². The Labute approximate surface area is 633 Å². The maximum absolute atomic E-state index is 15.1. The number of aromatic hydroxyl groups is 2. The fraction of sp³-hybridized carbons (Fsp3) is 0.644. The van der Waals surface area contributed by atoms with Crippen LogP contribution < -0.4 is 70.4 Å². The molecule has 107 heavy (non-hydrogen) atoms. The molecule has 4 saturated heterocycles. The minimum atomic E-state index is -1.57. The molecule has 2 aromatic rings. The number of benzene rings is 2. The van der Waals surface area contributed by atoms with Gasteiger partial charge in [-0.1, -0.05) is 108 Å². The molecule has 0 saturated carbocycles. The van der Waals surface area contributed by atoms with Crippen molar-refractivity contribution >= 4 is 104 Å². The Hall–Kier alpha value is -8.76. The number of carbonyl (C=O) groups excluding carboxylic acids is 14. The number of nitrogens with two attached hydrogens (primary N) is 3. The van der Waals surface area contributed by atoms with Crippen LogP contribution in [0.2, 0.25) is 0 Å². The fourth-order valence-electron chi connectivity index (χ4n) is 13.6. The lowest BCUT2D eigenvalue weighted by Crippen LogP contribution is -2.61. The average Bonchev–Trinajstić information content (AvgIpc) is 1.72. The number of phenols is 2. The smallest absolute Gasteiger partial charge is 0.246 e. The third-order valence-electron chi connectivity index (χ3n) is 19.4.